The highest BCUT2D eigenvalue weighted by molar-refractivity contribution is 6.30. The van der Waals surface area contributed by atoms with Gasteiger partial charge in [-0.05, 0) is 23.8 Å². The van der Waals surface area contributed by atoms with Crippen LogP contribution >= 0.6 is 11.6 Å². The third kappa shape index (κ3) is 4.20. The van der Waals surface area contributed by atoms with Gasteiger partial charge in [-0.2, -0.15) is 0 Å². The van der Waals surface area contributed by atoms with Gasteiger partial charge in [0.1, 0.15) is 11.6 Å². The van der Waals surface area contributed by atoms with E-state index in [2.05, 4.69) is 5.32 Å². The van der Waals surface area contributed by atoms with Crippen molar-refractivity contribution in [2.24, 2.45) is 0 Å². The quantitative estimate of drug-likeness (QED) is 0.920. The van der Waals surface area contributed by atoms with E-state index in [1.165, 1.54) is 12.1 Å². The van der Waals surface area contributed by atoms with Crippen molar-refractivity contribution in [3.05, 3.63) is 64.4 Å². The minimum atomic E-state index is -0.477. The summed E-state index contributed by atoms with van der Waals surface area (Å²) in [7, 11) is 1.57. The van der Waals surface area contributed by atoms with E-state index in [0.29, 0.717) is 22.9 Å². The van der Waals surface area contributed by atoms with E-state index in [9.17, 15) is 9.18 Å². The second-order valence-corrected chi connectivity index (χ2v) is 4.94. The summed E-state index contributed by atoms with van der Waals surface area (Å²) in [5.41, 5.74) is 1.18. The first-order valence-electron chi connectivity index (χ1n) is 6.42. The molecular weight excluding hydrogens is 293 g/mol. The predicted octanol–water partition coefficient (Wildman–Crippen LogP) is 3.35. The van der Waals surface area contributed by atoms with Crippen molar-refractivity contribution in [3.63, 3.8) is 0 Å². The first-order valence-corrected chi connectivity index (χ1v) is 6.80. The molecule has 0 fully saturated rings. The Morgan fingerprint density at radius 3 is 2.71 bits per heavy atom. The molecule has 0 heterocycles. The van der Waals surface area contributed by atoms with Crippen molar-refractivity contribution in [1.29, 1.82) is 0 Å². The Bertz CT molecular complexity index is 646. The topological polar surface area (TPSA) is 38.3 Å². The summed E-state index contributed by atoms with van der Waals surface area (Å²) >= 11 is 5.67. The fourth-order valence-electron chi connectivity index (χ4n) is 1.94. The Labute approximate surface area is 127 Å². The second-order valence-electron chi connectivity index (χ2n) is 4.50. The number of carbonyl (C=O) groups is 1. The molecule has 2 aromatic rings. The van der Waals surface area contributed by atoms with Gasteiger partial charge in [0.15, 0.2) is 0 Å². The SMILES string of the molecule is COc1ccccc1CNC(=O)Cc1ccc(Cl)cc1F. The maximum atomic E-state index is 13.6. The van der Waals surface area contributed by atoms with Crippen LogP contribution in [0.25, 0.3) is 0 Å². The van der Waals surface area contributed by atoms with Crippen molar-refractivity contribution in [1.82, 2.24) is 5.32 Å². The van der Waals surface area contributed by atoms with E-state index in [1.807, 2.05) is 24.3 Å². The van der Waals surface area contributed by atoms with Gasteiger partial charge in [-0.1, -0.05) is 35.9 Å². The normalized spacial score (nSPS) is 10.2. The van der Waals surface area contributed by atoms with Gasteiger partial charge in [-0.15, -0.1) is 0 Å². The third-order valence-electron chi connectivity index (χ3n) is 3.03. The maximum absolute atomic E-state index is 13.6. The molecule has 0 radical (unpaired) electrons. The molecule has 0 atom stereocenters. The van der Waals surface area contributed by atoms with Gasteiger partial charge >= 0.3 is 0 Å². The number of carbonyl (C=O) groups excluding carboxylic acids is 1. The summed E-state index contributed by atoms with van der Waals surface area (Å²) in [6.07, 6.45) is -0.0296. The highest BCUT2D eigenvalue weighted by atomic mass is 35.5. The highest BCUT2D eigenvalue weighted by Crippen LogP contribution is 2.17. The number of ether oxygens (including phenoxy) is 1. The van der Waals surface area contributed by atoms with E-state index in [0.717, 1.165) is 5.56 Å². The van der Waals surface area contributed by atoms with Crippen molar-refractivity contribution in [3.8, 4) is 5.75 Å². The molecule has 1 amide bonds. The van der Waals surface area contributed by atoms with Crippen LogP contribution in [0.5, 0.6) is 5.75 Å². The second kappa shape index (κ2) is 7.09. The molecular formula is C16H15ClFNO2. The standard InChI is InChI=1S/C16H15ClFNO2/c1-21-15-5-3-2-4-12(15)10-19-16(20)8-11-6-7-13(17)9-14(11)18/h2-7,9H,8,10H2,1H3,(H,19,20). The van der Waals surface area contributed by atoms with Gasteiger partial charge in [-0.3, -0.25) is 4.79 Å². The van der Waals surface area contributed by atoms with E-state index < -0.39 is 5.82 Å². The summed E-state index contributed by atoms with van der Waals surface area (Å²) in [5, 5.41) is 3.06. The minimum Gasteiger partial charge on any atom is -0.496 e. The van der Waals surface area contributed by atoms with Crippen LogP contribution in [0.4, 0.5) is 4.39 Å². The fraction of sp³-hybridized carbons (Fsp3) is 0.188. The number of hydrogen-bond donors (Lipinski definition) is 1. The maximum Gasteiger partial charge on any atom is 0.224 e. The van der Waals surface area contributed by atoms with Crippen LogP contribution in [0.2, 0.25) is 5.02 Å². The average molecular weight is 308 g/mol. The summed E-state index contributed by atoms with van der Waals surface area (Å²) in [4.78, 5) is 11.9. The van der Waals surface area contributed by atoms with E-state index >= 15 is 0 Å². The van der Waals surface area contributed by atoms with Gasteiger partial charge in [0.2, 0.25) is 5.91 Å². The molecule has 0 aromatic heterocycles. The van der Waals surface area contributed by atoms with Crippen molar-refractivity contribution >= 4 is 17.5 Å². The summed E-state index contributed by atoms with van der Waals surface area (Å²) in [6, 6.07) is 11.7. The fourth-order valence-corrected chi connectivity index (χ4v) is 2.10. The van der Waals surface area contributed by atoms with Crippen LogP contribution in [-0.4, -0.2) is 13.0 Å². The van der Waals surface area contributed by atoms with Crippen molar-refractivity contribution < 1.29 is 13.9 Å². The molecule has 21 heavy (non-hydrogen) atoms. The number of halogens is 2. The predicted molar refractivity (Wildman–Crippen MR) is 80.0 cm³/mol. The lowest BCUT2D eigenvalue weighted by molar-refractivity contribution is -0.120. The van der Waals surface area contributed by atoms with E-state index in [1.54, 1.807) is 13.2 Å². The zero-order valence-corrected chi connectivity index (χ0v) is 12.3. The first-order chi connectivity index (χ1) is 10.1. The van der Waals surface area contributed by atoms with Gasteiger partial charge in [-0.25, -0.2) is 4.39 Å². The molecule has 2 aromatic carbocycles. The summed E-state index contributed by atoms with van der Waals surface area (Å²) < 4.78 is 18.8. The van der Waals surface area contributed by atoms with Crippen LogP contribution in [0.1, 0.15) is 11.1 Å². The van der Waals surface area contributed by atoms with E-state index in [-0.39, 0.29) is 12.3 Å². The van der Waals surface area contributed by atoms with Crippen LogP contribution in [0.15, 0.2) is 42.5 Å². The Morgan fingerprint density at radius 2 is 2.00 bits per heavy atom. The van der Waals surface area contributed by atoms with Crippen LogP contribution in [0, 0.1) is 5.82 Å². The van der Waals surface area contributed by atoms with Gasteiger partial charge in [0.25, 0.3) is 0 Å². The average Bonchev–Trinajstić information content (AvgIpc) is 2.48. The van der Waals surface area contributed by atoms with Gasteiger partial charge in [0, 0.05) is 17.1 Å². The smallest absolute Gasteiger partial charge is 0.224 e. The molecule has 0 aliphatic heterocycles. The Balaban J connectivity index is 1.96. The van der Waals surface area contributed by atoms with E-state index in [4.69, 9.17) is 16.3 Å². The number of para-hydroxylation sites is 1. The zero-order valence-electron chi connectivity index (χ0n) is 11.5. The molecule has 0 saturated carbocycles. The number of amides is 1. The Kier molecular flexibility index (Phi) is 5.17. The molecule has 3 nitrogen and oxygen atoms in total. The number of hydrogen-bond acceptors (Lipinski definition) is 2. The van der Waals surface area contributed by atoms with Crippen LogP contribution in [-0.2, 0) is 17.8 Å². The largest absolute Gasteiger partial charge is 0.496 e. The van der Waals surface area contributed by atoms with Crippen molar-refractivity contribution in [2.45, 2.75) is 13.0 Å². The van der Waals surface area contributed by atoms with Gasteiger partial charge in [0.05, 0.1) is 13.5 Å². The molecule has 1 N–H and O–H groups in total. The minimum absolute atomic E-state index is 0.0296. The van der Waals surface area contributed by atoms with Crippen molar-refractivity contribution in [2.75, 3.05) is 7.11 Å². The Hall–Kier alpha value is -2.07. The molecule has 0 aliphatic rings. The molecule has 0 bridgehead atoms. The monoisotopic (exact) mass is 307 g/mol. The Morgan fingerprint density at radius 1 is 1.24 bits per heavy atom. The highest BCUT2D eigenvalue weighted by Gasteiger charge is 2.09. The van der Waals surface area contributed by atoms with Crippen LogP contribution in [0.3, 0.4) is 0 Å². The molecule has 0 unspecified atom stereocenters. The van der Waals surface area contributed by atoms with Gasteiger partial charge < -0.3 is 10.1 Å². The lowest BCUT2D eigenvalue weighted by atomic mass is 10.1. The number of rotatable bonds is 5. The zero-order chi connectivity index (χ0) is 15.2. The molecule has 0 saturated heterocycles. The molecule has 110 valence electrons. The molecule has 0 spiro atoms. The third-order valence-corrected chi connectivity index (χ3v) is 3.27. The first kappa shape index (κ1) is 15.3. The molecule has 2 rings (SSSR count). The lowest BCUT2D eigenvalue weighted by Gasteiger charge is -2.10. The summed E-state index contributed by atoms with van der Waals surface area (Å²) in [6.45, 7) is 0.331. The molecule has 0 aliphatic carbocycles. The number of benzene rings is 2. The number of methoxy groups -OCH3 is 1. The number of nitrogens with one attached hydrogen (secondary N) is 1. The van der Waals surface area contributed by atoms with Crippen LogP contribution < -0.4 is 10.1 Å². The lowest BCUT2D eigenvalue weighted by Crippen LogP contribution is -2.25. The molecule has 5 heteroatoms. The summed E-state index contributed by atoms with van der Waals surface area (Å²) in [5.74, 6) is -0.0347.